The summed E-state index contributed by atoms with van der Waals surface area (Å²) in [5, 5.41) is 5.46. The average molecular weight is 351 g/mol. The third kappa shape index (κ3) is 1.63. The zero-order chi connectivity index (χ0) is 18.3. The van der Waals surface area contributed by atoms with Crippen LogP contribution in [0.1, 0.15) is 20.7 Å². The molecule has 6 rings (SSSR count). The number of fused-ring (bicyclic) bond motifs is 10. The molecule has 0 atom stereocenters. The molecule has 4 aromatic carbocycles. The Bertz CT molecular complexity index is 1490. The van der Waals surface area contributed by atoms with Crippen LogP contribution in [0.4, 0.5) is 0 Å². The molecule has 0 radical (unpaired) electrons. The molecule has 0 aliphatic carbocycles. The number of para-hydroxylation sites is 1. The summed E-state index contributed by atoms with van der Waals surface area (Å²) in [6.45, 7) is 0. The van der Waals surface area contributed by atoms with Gasteiger partial charge in [-0.05, 0) is 16.8 Å². The lowest BCUT2D eigenvalue weighted by Gasteiger charge is -2.10. The predicted molar refractivity (Wildman–Crippen MR) is 105 cm³/mol. The van der Waals surface area contributed by atoms with Gasteiger partial charge in [0.05, 0.1) is 16.6 Å². The highest BCUT2D eigenvalue weighted by Crippen LogP contribution is 2.43. The van der Waals surface area contributed by atoms with Crippen molar-refractivity contribution in [2.24, 2.45) is 7.05 Å². The van der Waals surface area contributed by atoms with E-state index in [0.717, 1.165) is 43.4 Å². The molecule has 1 aliphatic rings. The fourth-order valence-corrected chi connectivity index (χ4v) is 4.54. The highest BCUT2D eigenvalue weighted by atomic mass is 16.6. The van der Waals surface area contributed by atoms with Crippen molar-refractivity contribution in [1.29, 1.82) is 0 Å². The molecule has 1 aliphatic heterocycles. The van der Waals surface area contributed by atoms with Crippen LogP contribution < -0.4 is 0 Å². The summed E-state index contributed by atoms with van der Waals surface area (Å²) in [6.07, 6.45) is 0. The van der Waals surface area contributed by atoms with Gasteiger partial charge in [0, 0.05) is 34.1 Å². The minimum atomic E-state index is -0.564. The minimum Gasteiger partial charge on any atom is -0.386 e. The smallest absolute Gasteiger partial charge is 0.347 e. The van der Waals surface area contributed by atoms with Crippen LogP contribution in [0.3, 0.4) is 0 Å². The van der Waals surface area contributed by atoms with Gasteiger partial charge >= 0.3 is 11.9 Å². The van der Waals surface area contributed by atoms with Gasteiger partial charge in [-0.25, -0.2) is 9.59 Å². The Hall–Kier alpha value is -3.66. The van der Waals surface area contributed by atoms with Crippen molar-refractivity contribution in [1.82, 2.24) is 4.57 Å². The van der Waals surface area contributed by atoms with Gasteiger partial charge in [0.15, 0.2) is 0 Å². The van der Waals surface area contributed by atoms with Gasteiger partial charge in [0.2, 0.25) is 0 Å². The van der Waals surface area contributed by atoms with Gasteiger partial charge < -0.3 is 9.30 Å². The maximum Gasteiger partial charge on any atom is 0.347 e. The summed E-state index contributed by atoms with van der Waals surface area (Å²) >= 11 is 0. The summed E-state index contributed by atoms with van der Waals surface area (Å²) in [5.74, 6) is -1.13. The third-order valence-corrected chi connectivity index (χ3v) is 5.63. The highest BCUT2D eigenvalue weighted by molar-refractivity contribution is 6.36. The fraction of sp³-hybridized carbons (Fsp3) is 0.0435. The molecule has 0 saturated heterocycles. The number of carbonyl (C=O) groups is 2. The quantitative estimate of drug-likeness (QED) is 0.225. The summed E-state index contributed by atoms with van der Waals surface area (Å²) in [4.78, 5) is 25.3. The van der Waals surface area contributed by atoms with Crippen molar-refractivity contribution in [3.63, 3.8) is 0 Å². The fourth-order valence-electron chi connectivity index (χ4n) is 4.54. The summed E-state index contributed by atoms with van der Waals surface area (Å²) < 4.78 is 7.16. The van der Waals surface area contributed by atoms with E-state index >= 15 is 0 Å². The number of hydrogen-bond acceptors (Lipinski definition) is 3. The number of esters is 2. The number of hydrogen-bond donors (Lipinski definition) is 0. The molecule has 0 N–H and O–H groups in total. The Morgan fingerprint density at radius 1 is 0.704 bits per heavy atom. The molecule has 0 saturated carbocycles. The van der Waals surface area contributed by atoms with Gasteiger partial charge in [0.25, 0.3) is 0 Å². The molecule has 2 heterocycles. The second-order valence-electron chi connectivity index (χ2n) is 6.94. The largest absolute Gasteiger partial charge is 0.386 e. The number of benzene rings is 4. The topological polar surface area (TPSA) is 48.3 Å². The maximum atomic E-state index is 12.7. The lowest BCUT2D eigenvalue weighted by Crippen LogP contribution is -1.98. The van der Waals surface area contributed by atoms with Gasteiger partial charge in [-0.3, -0.25) is 0 Å². The summed E-state index contributed by atoms with van der Waals surface area (Å²) in [7, 11) is 1.99. The van der Waals surface area contributed by atoms with Crippen molar-refractivity contribution < 1.29 is 14.3 Å². The zero-order valence-electron chi connectivity index (χ0n) is 14.4. The normalized spacial score (nSPS) is 13.8. The van der Waals surface area contributed by atoms with Crippen LogP contribution >= 0.6 is 0 Å². The summed E-state index contributed by atoms with van der Waals surface area (Å²) in [5.41, 5.74) is 2.73. The van der Waals surface area contributed by atoms with E-state index in [-0.39, 0.29) is 0 Å². The first kappa shape index (κ1) is 14.5. The molecule has 0 fully saturated rings. The van der Waals surface area contributed by atoms with Crippen LogP contribution in [0.25, 0.3) is 43.4 Å². The van der Waals surface area contributed by atoms with Gasteiger partial charge in [-0.2, -0.15) is 0 Å². The molecule has 0 amide bonds. The van der Waals surface area contributed by atoms with Crippen molar-refractivity contribution in [3.05, 3.63) is 71.8 Å². The van der Waals surface area contributed by atoms with Crippen molar-refractivity contribution in [2.75, 3.05) is 0 Å². The Kier molecular flexibility index (Phi) is 2.54. The second kappa shape index (κ2) is 4.74. The number of rotatable bonds is 0. The van der Waals surface area contributed by atoms with Crippen LogP contribution in [0.2, 0.25) is 0 Å². The van der Waals surface area contributed by atoms with E-state index in [1.807, 2.05) is 61.6 Å². The van der Waals surface area contributed by atoms with E-state index in [4.69, 9.17) is 4.74 Å². The molecule has 128 valence electrons. The van der Waals surface area contributed by atoms with E-state index in [2.05, 4.69) is 10.6 Å². The number of nitrogens with zero attached hydrogens (tertiary/aromatic N) is 1. The Morgan fingerprint density at radius 2 is 1.37 bits per heavy atom. The van der Waals surface area contributed by atoms with Crippen LogP contribution in [0.5, 0.6) is 0 Å². The van der Waals surface area contributed by atoms with Gasteiger partial charge in [-0.15, -0.1) is 0 Å². The number of aromatic nitrogens is 1. The van der Waals surface area contributed by atoms with Gasteiger partial charge in [-0.1, -0.05) is 54.6 Å². The first-order valence-electron chi connectivity index (χ1n) is 8.78. The number of cyclic esters (lactones) is 2. The first-order chi connectivity index (χ1) is 13.2. The standard InChI is InChI=1S/C23H13NO3/c1-24-16-9-5-4-8-14(16)18-20-19(22(25)27-23(20)26)17-13-7-3-2-6-12(13)10-11-15(17)21(18)24/h2-11H,1H3. The first-order valence-corrected chi connectivity index (χ1v) is 8.78. The van der Waals surface area contributed by atoms with E-state index in [0.29, 0.717) is 11.1 Å². The predicted octanol–water partition coefficient (Wildman–Crippen LogP) is 4.95. The van der Waals surface area contributed by atoms with Crippen molar-refractivity contribution in [3.8, 4) is 0 Å². The van der Waals surface area contributed by atoms with Crippen LogP contribution in [0, 0.1) is 0 Å². The lowest BCUT2D eigenvalue weighted by atomic mass is 9.91. The molecule has 4 heteroatoms. The van der Waals surface area contributed by atoms with E-state index in [1.165, 1.54) is 0 Å². The van der Waals surface area contributed by atoms with Crippen LogP contribution in [0.15, 0.2) is 60.7 Å². The van der Waals surface area contributed by atoms with Gasteiger partial charge in [0.1, 0.15) is 0 Å². The van der Waals surface area contributed by atoms with Crippen LogP contribution in [-0.2, 0) is 11.8 Å². The molecule has 1 aromatic heterocycles. The Labute approximate surface area is 153 Å². The maximum absolute atomic E-state index is 12.7. The van der Waals surface area contributed by atoms with E-state index in [9.17, 15) is 9.59 Å². The number of ether oxygens (including phenoxy) is 1. The zero-order valence-corrected chi connectivity index (χ0v) is 14.4. The molecular formula is C23H13NO3. The SMILES string of the molecule is Cn1c2ccccc2c2c3c(c4c5ccccc5ccc4c21)C(=O)OC3=O. The molecule has 4 nitrogen and oxygen atoms in total. The Balaban J connectivity index is 2.06. The van der Waals surface area contributed by atoms with Crippen molar-refractivity contribution in [2.45, 2.75) is 0 Å². The Morgan fingerprint density at radius 3 is 2.19 bits per heavy atom. The van der Waals surface area contributed by atoms with Crippen LogP contribution in [-0.4, -0.2) is 16.5 Å². The third-order valence-electron chi connectivity index (χ3n) is 5.63. The summed E-state index contributed by atoms with van der Waals surface area (Å²) in [6, 6.07) is 19.9. The van der Waals surface area contributed by atoms with Crippen molar-refractivity contribution >= 4 is 55.3 Å². The molecule has 0 bridgehead atoms. The molecule has 0 unspecified atom stereocenters. The van der Waals surface area contributed by atoms with E-state index < -0.39 is 11.9 Å². The average Bonchev–Trinajstić information content (AvgIpc) is 3.16. The minimum absolute atomic E-state index is 0.385. The molecule has 0 spiro atoms. The second-order valence-corrected chi connectivity index (χ2v) is 6.94. The molecule has 5 aromatic rings. The number of carbonyl (C=O) groups excluding carboxylic acids is 2. The molecular weight excluding hydrogens is 338 g/mol. The van der Waals surface area contributed by atoms with E-state index in [1.54, 1.807) is 0 Å². The lowest BCUT2D eigenvalue weighted by molar-refractivity contribution is 0.0445. The number of aryl methyl sites for hydroxylation is 1. The highest BCUT2D eigenvalue weighted by Gasteiger charge is 2.36. The monoisotopic (exact) mass is 351 g/mol. The molecule has 27 heavy (non-hydrogen) atoms.